The first kappa shape index (κ1) is 16.1. The number of halogens is 1. The molecule has 0 radical (unpaired) electrons. The lowest BCUT2D eigenvalue weighted by Gasteiger charge is -2.16. The van der Waals surface area contributed by atoms with E-state index in [9.17, 15) is 0 Å². The Morgan fingerprint density at radius 3 is 2.19 bits per heavy atom. The lowest BCUT2D eigenvalue weighted by molar-refractivity contribution is 0.337. The summed E-state index contributed by atoms with van der Waals surface area (Å²) in [4.78, 5) is 0.159. The Bertz CT molecular complexity index is 562. The lowest BCUT2D eigenvalue weighted by atomic mass is 9.96. The molecule has 0 aliphatic carbocycles. The molecule has 0 aliphatic heterocycles. The smallest absolute Gasteiger partial charge is 0.123 e. The number of hydrogen-bond donors (Lipinski definition) is 0. The summed E-state index contributed by atoms with van der Waals surface area (Å²) in [6.45, 7) is 7.19. The summed E-state index contributed by atoms with van der Waals surface area (Å²) < 4.78 is 5.73. The van der Waals surface area contributed by atoms with Crippen molar-refractivity contribution in [3.05, 3.63) is 65.2 Å². The zero-order valence-electron chi connectivity index (χ0n) is 13.0. The van der Waals surface area contributed by atoms with E-state index in [1.54, 1.807) is 0 Å². The standard InChI is InChI=1S/C19H23BrO/c1-4-14(3)15-10-12-16(13-11-15)19(20)17-8-6-7-9-18(17)21-5-2/h6-14,19H,4-5H2,1-3H3. The van der Waals surface area contributed by atoms with Crippen LogP contribution in [0.1, 0.15) is 54.6 Å². The summed E-state index contributed by atoms with van der Waals surface area (Å²) in [5.74, 6) is 1.57. The van der Waals surface area contributed by atoms with Gasteiger partial charge in [-0.25, -0.2) is 0 Å². The minimum absolute atomic E-state index is 0.159. The molecule has 0 aromatic heterocycles. The van der Waals surface area contributed by atoms with Crippen LogP contribution in [0.5, 0.6) is 5.75 Å². The van der Waals surface area contributed by atoms with Gasteiger partial charge in [0.05, 0.1) is 11.4 Å². The molecule has 2 aromatic rings. The molecule has 2 atom stereocenters. The maximum Gasteiger partial charge on any atom is 0.123 e. The molecule has 0 spiro atoms. The second kappa shape index (κ2) is 7.65. The second-order valence-corrected chi connectivity index (χ2v) is 6.23. The molecule has 0 aliphatic rings. The van der Waals surface area contributed by atoms with Crippen LogP contribution >= 0.6 is 15.9 Å². The molecular formula is C19H23BrO. The van der Waals surface area contributed by atoms with Crippen molar-refractivity contribution in [3.8, 4) is 5.75 Å². The van der Waals surface area contributed by atoms with Crippen LogP contribution in [0.15, 0.2) is 48.5 Å². The first-order valence-corrected chi connectivity index (χ1v) is 8.54. The Hall–Kier alpha value is -1.28. The molecule has 0 N–H and O–H groups in total. The van der Waals surface area contributed by atoms with Crippen molar-refractivity contribution in [1.29, 1.82) is 0 Å². The van der Waals surface area contributed by atoms with Gasteiger partial charge in [0, 0.05) is 5.56 Å². The lowest BCUT2D eigenvalue weighted by Crippen LogP contribution is -2.00. The second-order valence-electron chi connectivity index (χ2n) is 5.31. The molecule has 0 bridgehead atoms. The fourth-order valence-electron chi connectivity index (χ4n) is 2.39. The summed E-state index contributed by atoms with van der Waals surface area (Å²) in [6, 6.07) is 17.1. The highest BCUT2D eigenvalue weighted by Crippen LogP contribution is 2.37. The highest BCUT2D eigenvalue weighted by Gasteiger charge is 2.15. The van der Waals surface area contributed by atoms with Crippen molar-refractivity contribution in [2.75, 3.05) is 6.61 Å². The molecule has 1 nitrogen and oxygen atoms in total. The van der Waals surface area contributed by atoms with Crippen LogP contribution in [-0.4, -0.2) is 6.61 Å². The van der Waals surface area contributed by atoms with E-state index < -0.39 is 0 Å². The Kier molecular flexibility index (Phi) is 5.86. The number of ether oxygens (including phenoxy) is 1. The fraction of sp³-hybridized carbons (Fsp3) is 0.368. The van der Waals surface area contributed by atoms with Crippen molar-refractivity contribution in [1.82, 2.24) is 0 Å². The third kappa shape index (κ3) is 3.88. The van der Waals surface area contributed by atoms with Crippen LogP contribution in [0.4, 0.5) is 0 Å². The van der Waals surface area contributed by atoms with Gasteiger partial charge in [-0.2, -0.15) is 0 Å². The summed E-state index contributed by atoms with van der Waals surface area (Å²) in [7, 11) is 0. The van der Waals surface area contributed by atoms with E-state index in [4.69, 9.17) is 4.74 Å². The average molecular weight is 347 g/mol. The van der Waals surface area contributed by atoms with Crippen molar-refractivity contribution < 1.29 is 4.74 Å². The molecule has 2 aromatic carbocycles. The molecule has 112 valence electrons. The Morgan fingerprint density at radius 2 is 1.57 bits per heavy atom. The summed E-state index contributed by atoms with van der Waals surface area (Å²) in [5.41, 5.74) is 3.84. The monoisotopic (exact) mass is 346 g/mol. The first-order chi connectivity index (χ1) is 10.2. The minimum atomic E-state index is 0.159. The third-order valence-electron chi connectivity index (χ3n) is 3.90. The number of benzene rings is 2. The highest BCUT2D eigenvalue weighted by atomic mass is 79.9. The highest BCUT2D eigenvalue weighted by molar-refractivity contribution is 9.09. The van der Waals surface area contributed by atoms with Crippen molar-refractivity contribution in [2.45, 2.75) is 37.9 Å². The van der Waals surface area contributed by atoms with E-state index >= 15 is 0 Å². The van der Waals surface area contributed by atoms with E-state index in [0.717, 1.165) is 5.75 Å². The first-order valence-electron chi connectivity index (χ1n) is 7.63. The minimum Gasteiger partial charge on any atom is -0.494 e. The summed E-state index contributed by atoms with van der Waals surface area (Å²) in [6.07, 6.45) is 1.17. The van der Waals surface area contributed by atoms with Crippen LogP contribution in [0.25, 0.3) is 0 Å². The van der Waals surface area contributed by atoms with Crippen molar-refractivity contribution in [3.63, 3.8) is 0 Å². The van der Waals surface area contributed by atoms with Crippen molar-refractivity contribution >= 4 is 15.9 Å². The Morgan fingerprint density at radius 1 is 0.952 bits per heavy atom. The van der Waals surface area contributed by atoms with E-state index in [-0.39, 0.29) is 4.83 Å². The zero-order chi connectivity index (χ0) is 15.2. The topological polar surface area (TPSA) is 9.23 Å². The number of rotatable bonds is 6. The molecule has 2 rings (SSSR count). The van der Waals surface area contributed by atoms with E-state index in [2.05, 4.69) is 66.2 Å². The third-order valence-corrected chi connectivity index (χ3v) is 4.92. The number of alkyl halides is 1. The Labute approximate surface area is 136 Å². The molecule has 0 fully saturated rings. The van der Waals surface area contributed by atoms with Crippen LogP contribution < -0.4 is 4.74 Å². The summed E-state index contributed by atoms with van der Waals surface area (Å²) >= 11 is 3.81. The normalized spacial score (nSPS) is 13.7. The van der Waals surface area contributed by atoms with Crippen LogP contribution in [0, 0.1) is 0 Å². The van der Waals surface area contributed by atoms with Crippen LogP contribution in [-0.2, 0) is 0 Å². The average Bonchev–Trinajstić information content (AvgIpc) is 2.54. The molecule has 2 heteroatoms. The van der Waals surface area contributed by atoms with Gasteiger partial charge < -0.3 is 4.74 Å². The maximum atomic E-state index is 5.73. The van der Waals surface area contributed by atoms with Gasteiger partial charge in [-0.1, -0.05) is 72.2 Å². The van der Waals surface area contributed by atoms with Crippen molar-refractivity contribution in [2.24, 2.45) is 0 Å². The van der Waals surface area contributed by atoms with Crippen LogP contribution in [0.2, 0.25) is 0 Å². The number of para-hydroxylation sites is 1. The van der Waals surface area contributed by atoms with Gasteiger partial charge in [-0.05, 0) is 36.5 Å². The molecule has 0 heterocycles. The van der Waals surface area contributed by atoms with Gasteiger partial charge >= 0.3 is 0 Å². The summed E-state index contributed by atoms with van der Waals surface area (Å²) in [5, 5.41) is 0. The molecule has 0 amide bonds. The van der Waals surface area contributed by atoms with Gasteiger partial charge in [-0.15, -0.1) is 0 Å². The van der Waals surface area contributed by atoms with Gasteiger partial charge in [-0.3, -0.25) is 0 Å². The van der Waals surface area contributed by atoms with Crippen LogP contribution in [0.3, 0.4) is 0 Å². The molecular weight excluding hydrogens is 324 g/mol. The molecule has 0 saturated heterocycles. The predicted octanol–water partition coefficient (Wildman–Crippen LogP) is 6.08. The van der Waals surface area contributed by atoms with Gasteiger partial charge in [0.2, 0.25) is 0 Å². The van der Waals surface area contributed by atoms with E-state index in [1.807, 2.05) is 19.1 Å². The predicted molar refractivity (Wildman–Crippen MR) is 93.5 cm³/mol. The van der Waals surface area contributed by atoms with E-state index in [0.29, 0.717) is 12.5 Å². The van der Waals surface area contributed by atoms with Gasteiger partial charge in [0.1, 0.15) is 5.75 Å². The largest absolute Gasteiger partial charge is 0.494 e. The van der Waals surface area contributed by atoms with E-state index in [1.165, 1.54) is 23.1 Å². The SMILES string of the molecule is CCOc1ccccc1C(Br)c1ccc(C(C)CC)cc1. The molecule has 21 heavy (non-hydrogen) atoms. The zero-order valence-corrected chi connectivity index (χ0v) is 14.6. The molecule has 2 unspecified atom stereocenters. The van der Waals surface area contributed by atoms with Gasteiger partial charge in [0.25, 0.3) is 0 Å². The number of hydrogen-bond acceptors (Lipinski definition) is 1. The maximum absolute atomic E-state index is 5.73. The van der Waals surface area contributed by atoms with Gasteiger partial charge in [0.15, 0.2) is 0 Å². The Balaban J connectivity index is 2.25. The molecule has 0 saturated carbocycles. The fourth-order valence-corrected chi connectivity index (χ4v) is 3.07. The quantitative estimate of drug-likeness (QED) is 0.575.